The molecule has 0 saturated heterocycles. The molecule has 5 nitrogen and oxygen atoms in total. The second kappa shape index (κ2) is 6.05. The fourth-order valence-electron chi connectivity index (χ4n) is 1.49. The number of ether oxygens (including phenoxy) is 1. The van der Waals surface area contributed by atoms with E-state index < -0.39 is 0 Å². The Morgan fingerprint density at radius 1 is 1.39 bits per heavy atom. The van der Waals surface area contributed by atoms with Crippen LogP contribution in [0.1, 0.15) is 22.3 Å². The van der Waals surface area contributed by atoms with Crippen LogP contribution in [0.4, 0.5) is 0 Å². The van der Waals surface area contributed by atoms with E-state index in [2.05, 4.69) is 4.74 Å². The maximum atomic E-state index is 12.0. The molecular weight excluding hydrogens is 234 g/mol. The molecule has 0 atom stereocenters. The lowest BCUT2D eigenvalue weighted by molar-refractivity contribution is -0.140. The molecule has 0 spiro atoms. The molecule has 0 heterocycles. The number of aryl methyl sites for hydroxylation is 1. The second-order valence-electron chi connectivity index (χ2n) is 4.07. The molecule has 0 saturated carbocycles. The number of benzene rings is 1. The van der Waals surface area contributed by atoms with Gasteiger partial charge in [-0.1, -0.05) is 11.6 Å². The number of methoxy groups -OCH3 is 1. The van der Waals surface area contributed by atoms with Crippen LogP contribution in [0, 0.1) is 6.92 Å². The van der Waals surface area contributed by atoms with Gasteiger partial charge in [-0.25, -0.2) is 0 Å². The van der Waals surface area contributed by atoms with E-state index in [1.807, 2.05) is 6.92 Å². The smallest absolute Gasteiger partial charge is 0.307 e. The van der Waals surface area contributed by atoms with Gasteiger partial charge in [0, 0.05) is 13.6 Å². The van der Waals surface area contributed by atoms with E-state index >= 15 is 0 Å². The normalized spacial score (nSPS) is 9.94. The van der Waals surface area contributed by atoms with Crippen LogP contribution in [-0.4, -0.2) is 42.6 Å². The van der Waals surface area contributed by atoms with Gasteiger partial charge in [-0.15, -0.1) is 0 Å². The van der Waals surface area contributed by atoms with Crippen LogP contribution < -0.4 is 0 Å². The van der Waals surface area contributed by atoms with Crippen molar-refractivity contribution in [3.05, 3.63) is 29.3 Å². The number of phenolic OH excluding ortho intramolecular Hbond substituents is 1. The van der Waals surface area contributed by atoms with E-state index in [4.69, 9.17) is 0 Å². The molecule has 5 heteroatoms. The zero-order valence-electron chi connectivity index (χ0n) is 10.8. The van der Waals surface area contributed by atoms with Crippen molar-refractivity contribution in [2.45, 2.75) is 13.3 Å². The molecule has 0 aromatic heterocycles. The molecule has 0 bridgehead atoms. The summed E-state index contributed by atoms with van der Waals surface area (Å²) in [6.45, 7) is 2.09. The molecule has 1 rings (SSSR count). The number of nitrogens with zero attached hydrogens (tertiary/aromatic N) is 1. The molecule has 0 unspecified atom stereocenters. The molecule has 0 aliphatic carbocycles. The minimum atomic E-state index is -0.372. The number of hydrogen-bond acceptors (Lipinski definition) is 4. The van der Waals surface area contributed by atoms with Gasteiger partial charge in [-0.05, 0) is 19.1 Å². The van der Waals surface area contributed by atoms with Gasteiger partial charge in [0.15, 0.2) is 0 Å². The first kappa shape index (κ1) is 14.0. The first-order valence-electron chi connectivity index (χ1n) is 5.57. The van der Waals surface area contributed by atoms with E-state index in [1.165, 1.54) is 18.1 Å². The Morgan fingerprint density at radius 2 is 2.06 bits per heavy atom. The third-order valence-electron chi connectivity index (χ3n) is 2.61. The lowest BCUT2D eigenvalue weighted by Gasteiger charge is -2.17. The van der Waals surface area contributed by atoms with Gasteiger partial charge in [0.1, 0.15) is 5.75 Å². The van der Waals surface area contributed by atoms with E-state index in [0.717, 1.165) is 5.56 Å². The van der Waals surface area contributed by atoms with Crippen molar-refractivity contribution >= 4 is 11.9 Å². The molecule has 1 aromatic rings. The van der Waals surface area contributed by atoms with Crippen molar-refractivity contribution in [1.82, 2.24) is 4.90 Å². The lowest BCUT2D eigenvalue weighted by atomic mass is 10.1. The Morgan fingerprint density at radius 3 is 2.67 bits per heavy atom. The van der Waals surface area contributed by atoms with Crippen LogP contribution in [0.3, 0.4) is 0 Å². The van der Waals surface area contributed by atoms with E-state index in [0.29, 0.717) is 0 Å². The minimum absolute atomic E-state index is 0.0597. The van der Waals surface area contributed by atoms with Crippen molar-refractivity contribution in [1.29, 1.82) is 0 Å². The zero-order chi connectivity index (χ0) is 13.7. The molecule has 0 radical (unpaired) electrons. The Balaban J connectivity index is 2.74. The predicted molar refractivity (Wildman–Crippen MR) is 66.4 cm³/mol. The highest BCUT2D eigenvalue weighted by Crippen LogP contribution is 2.19. The number of esters is 1. The maximum absolute atomic E-state index is 12.0. The van der Waals surface area contributed by atoms with Crippen LogP contribution in [0.25, 0.3) is 0 Å². The van der Waals surface area contributed by atoms with Crippen molar-refractivity contribution in [2.24, 2.45) is 0 Å². The zero-order valence-corrected chi connectivity index (χ0v) is 10.8. The summed E-state index contributed by atoms with van der Waals surface area (Å²) in [5, 5.41) is 9.64. The van der Waals surface area contributed by atoms with Crippen molar-refractivity contribution in [3.8, 4) is 5.75 Å². The largest absolute Gasteiger partial charge is 0.507 e. The third kappa shape index (κ3) is 3.48. The molecule has 1 amide bonds. The predicted octanol–water partition coefficient (Wildman–Crippen LogP) is 1.34. The Bertz CT molecular complexity index is 456. The summed E-state index contributed by atoms with van der Waals surface area (Å²) >= 11 is 0. The topological polar surface area (TPSA) is 66.8 Å². The van der Waals surface area contributed by atoms with Crippen molar-refractivity contribution < 1.29 is 19.4 Å². The van der Waals surface area contributed by atoms with Gasteiger partial charge in [-0.3, -0.25) is 9.59 Å². The summed E-state index contributed by atoms with van der Waals surface area (Å²) in [5.74, 6) is -0.751. The van der Waals surface area contributed by atoms with Crippen molar-refractivity contribution in [2.75, 3.05) is 20.7 Å². The minimum Gasteiger partial charge on any atom is -0.507 e. The highest BCUT2D eigenvalue weighted by Gasteiger charge is 2.16. The summed E-state index contributed by atoms with van der Waals surface area (Å²) in [6.07, 6.45) is 0.130. The van der Waals surface area contributed by atoms with E-state index in [9.17, 15) is 14.7 Å². The number of phenols is 1. The quantitative estimate of drug-likeness (QED) is 0.820. The summed E-state index contributed by atoms with van der Waals surface area (Å²) < 4.78 is 4.50. The molecule has 0 aliphatic heterocycles. The Labute approximate surface area is 106 Å². The number of carbonyl (C=O) groups is 2. The fraction of sp³-hybridized carbons (Fsp3) is 0.385. The molecule has 0 fully saturated rings. The van der Waals surface area contributed by atoms with Gasteiger partial charge < -0.3 is 14.7 Å². The summed E-state index contributed by atoms with van der Waals surface area (Å²) in [5.41, 5.74) is 1.12. The number of rotatable bonds is 4. The average Bonchev–Trinajstić information content (AvgIpc) is 2.37. The molecular formula is C13H17NO4. The molecule has 1 N–H and O–H groups in total. The standard InChI is InChI=1S/C13H17NO4/c1-9-4-5-11(15)10(8-9)13(17)14(2)7-6-12(16)18-3/h4-5,8,15H,6-7H2,1-3H3. The van der Waals surface area contributed by atoms with Crippen LogP contribution in [0.2, 0.25) is 0 Å². The first-order valence-corrected chi connectivity index (χ1v) is 5.57. The fourth-order valence-corrected chi connectivity index (χ4v) is 1.49. The highest BCUT2D eigenvalue weighted by atomic mass is 16.5. The Kier molecular flexibility index (Phi) is 4.71. The number of amides is 1. The van der Waals surface area contributed by atoms with Crippen LogP contribution in [0.15, 0.2) is 18.2 Å². The first-order chi connectivity index (χ1) is 8.45. The number of hydrogen-bond donors (Lipinski definition) is 1. The SMILES string of the molecule is COC(=O)CCN(C)C(=O)c1cc(C)ccc1O. The highest BCUT2D eigenvalue weighted by molar-refractivity contribution is 5.97. The number of carbonyl (C=O) groups excluding carboxylic acids is 2. The summed E-state index contributed by atoms with van der Waals surface area (Å²) in [4.78, 5) is 24.4. The third-order valence-corrected chi connectivity index (χ3v) is 2.61. The summed E-state index contributed by atoms with van der Waals surface area (Å²) in [7, 11) is 2.88. The van der Waals surface area contributed by atoms with E-state index in [-0.39, 0.29) is 36.2 Å². The number of aromatic hydroxyl groups is 1. The maximum Gasteiger partial charge on any atom is 0.307 e. The lowest BCUT2D eigenvalue weighted by Crippen LogP contribution is -2.29. The van der Waals surface area contributed by atoms with E-state index in [1.54, 1.807) is 19.2 Å². The molecule has 98 valence electrons. The van der Waals surface area contributed by atoms with Crippen LogP contribution in [-0.2, 0) is 9.53 Å². The van der Waals surface area contributed by atoms with Gasteiger partial charge in [0.25, 0.3) is 5.91 Å². The van der Waals surface area contributed by atoms with Crippen molar-refractivity contribution in [3.63, 3.8) is 0 Å². The van der Waals surface area contributed by atoms with Gasteiger partial charge in [0.2, 0.25) is 0 Å². The van der Waals surface area contributed by atoms with Crippen LogP contribution >= 0.6 is 0 Å². The molecule has 0 aliphatic rings. The average molecular weight is 251 g/mol. The molecule has 18 heavy (non-hydrogen) atoms. The summed E-state index contributed by atoms with van der Waals surface area (Å²) in [6, 6.07) is 4.82. The Hall–Kier alpha value is -2.04. The van der Waals surface area contributed by atoms with Gasteiger partial charge in [0.05, 0.1) is 19.1 Å². The van der Waals surface area contributed by atoms with Crippen LogP contribution in [0.5, 0.6) is 5.75 Å². The monoisotopic (exact) mass is 251 g/mol. The molecule has 1 aromatic carbocycles. The van der Waals surface area contributed by atoms with Gasteiger partial charge >= 0.3 is 5.97 Å². The second-order valence-corrected chi connectivity index (χ2v) is 4.07. The van der Waals surface area contributed by atoms with Gasteiger partial charge in [-0.2, -0.15) is 0 Å².